The lowest BCUT2D eigenvalue weighted by Crippen LogP contribution is -2.61. The zero-order valence-electron chi connectivity index (χ0n) is 9.66. The summed E-state index contributed by atoms with van der Waals surface area (Å²) in [5.41, 5.74) is 4.83. The van der Waals surface area contributed by atoms with Crippen LogP contribution in [-0.4, -0.2) is 42.4 Å². The molecule has 0 aromatic rings. The number of carbonyl (C=O) groups excluding carboxylic acids is 1. The average Bonchev–Trinajstić information content (AvgIpc) is 2.54. The second-order valence-corrected chi connectivity index (χ2v) is 5.29. The summed E-state index contributed by atoms with van der Waals surface area (Å²) < 4.78 is 5.24. The van der Waals surface area contributed by atoms with Gasteiger partial charge in [-0.1, -0.05) is 0 Å². The van der Waals surface area contributed by atoms with Crippen LogP contribution in [0.1, 0.15) is 26.2 Å². The zero-order chi connectivity index (χ0) is 11.8. The molecule has 0 bridgehead atoms. The van der Waals surface area contributed by atoms with Crippen molar-refractivity contribution >= 4 is 5.91 Å². The van der Waals surface area contributed by atoms with Gasteiger partial charge in [-0.25, -0.2) is 0 Å². The molecule has 2 atom stereocenters. The van der Waals surface area contributed by atoms with Gasteiger partial charge in [0.15, 0.2) is 0 Å². The molecule has 92 valence electrons. The molecule has 0 aromatic carbocycles. The van der Waals surface area contributed by atoms with Crippen LogP contribution in [-0.2, 0) is 9.53 Å². The van der Waals surface area contributed by atoms with E-state index in [1.807, 2.05) is 6.92 Å². The highest BCUT2D eigenvalue weighted by molar-refractivity contribution is 5.84. The largest absolute Gasteiger partial charge is 0.394 e. The number of nitrogens with two attached hydrogens (primary N) is 1. The zero-order valence-corrected chi connectivity index (χ0v) is 9.66. The number of rotatable bonds is 3. The number of nitrogens with one attached hydrogen (secondary N) is 1. The number of amides is 1. The third kappa shape index (κ3) is 1.73. The Morgan fingerprint density at radius 1 is 1.62 bits per heavy atom. The molecule has 5 heteroatoms. The summed E-state index contributed by atoms with van der Waals surface area (Å²) in [7, 11) is 0. The standard InChI is InChI=1S/C11H20N2O3/c1-10(7-16-5-8(10)12)9(15)13-11(6-14)3-2-4-11/h8,14H,2-7,12H2,1H3,(H,13,15). The number of carbonyl (C=O) groups is 1. The minimum Gasteiger partial charge on any atom is -0.394 e. The Labute approximate surface area is 95.3 Å². The lowest BCUT2D eigenvalue weighted by molar-refractivity contribution is -0.134. The average molecular weight is 228 g/mol. The molecule has 2 unspecified atom stereocenters. The summed E-state index contributed by atoms with van der Waals surface area (Å²) in [4.78, 5) is 12.2. The molecule has 1 saturated heterocycles. The second-order valence-electron chi connectivity index (χ2n) is 5.29. The van der Waals surface area contributed by atoms with Crippen LogP contribution in [0.2, 0.25) is 0 Å². The Morgan fingerprint density at radius 3 is 2.69 bits per heavy atom. The van der Waals surface area contributed by atoms with Gasteiger partial charge in [0.2, 0.25) is 5.91 Å². The minimum atomic E-state index is -0.655. The lowest BCUT2D eigenvalue weighted by Gasteiger charge is -2.43. The first kappa shape index (κ1) is 11.8. The molecule has 5 nitrogen and oxygen atoms in total. The van der Waals surface area contributed by atoms with E-state index in [9.17, 15) is 9.90 Å². The normalized spacial score (nSPS) is 36.8. The molecule has 0 radical (unpaired) electrons. The van der Waals surface area contributed by atoms with Crippen molar-refractivity contribution in [1.82, 2.24) is 5.32 Å². The first-order chi connectivity index (χ1) is 7.52. The topological polar surface area (TPSA) is 84.6 Å². The Hall–Kier alpha value is -0.650. The van der Waals surface area contributed by atoms with Crippen molar-refractivity contribution in [3.63, 3.8) is 0 Å². The predicted molar refractivity (Wildman–Crippen MR) is 58.7 cm³/mol. The van der Waals surface area contributed by atoms with Crippen LogP contribution in [0.5, 0.6) is 0 Å². The first-order valence-electron chi connectivity index (χ1n) is 5.79. The highest BCUT2D eigenvalue weighted by atomic mass is 16.5. The Morgan fingerprint density at radius 2 is 2.31 bits per heavy atom. The van der Waals surface area contributed by atoms with E-state index < -0.39 is 11.0 Å². The van der Waals surface area contributed by atoms with Crippen LogP contribution in [0.3, 0.4) is 0 Å². The molecular formula is C11H20N2O3. The molecule has 0 spiro atoms. The van der Waals surface area contributed by atoms with Gasteiger partial charge in [-0.15, -0.1) is 0 Å². The van der Waals surface area contributed by atoms with Gasteiger partial charge < -0.3 is 20.9 Å². The quantitative estimate of drug-likeness (QED) is 0.601. The number of ether oxygens (including phenoxy) is 1. The molecule has 0 aromatic heterocycles. The molecule has 1 amide bonds. The van der Waals surface area contributed by atoms with E-state index in [2.05, 4.69) is 5.32 Å². The van der Waals surface area contributed by atoms with E-state index in [1.54, 1.807) is 0 Å². The van der Waals surface area contributed by atoms with Gasteiger partial charge in [-0.05, 0) is 26.2 Å². The molecule has 2 fully saturated rings. The molecule has 4 N–H and O–H groups in total. The Bertz CT molecular complexity index is 285. The molecular weight excluding hydrogens is 208 g/mol. The Balaban J connectivity index is 2.02. The van der Waals surface area contributed by atoms with E-state index in [-0.39, 0.29) is 18.6 Å². The fourth-order valence-corrected chi connectivity index (χ4v) is 2.23. The van der Waals surface area contributed by atoms with Crippen LogP contribution in [0, 0.1) is 5.41 Å². The van der Waals surface area contributed by atoms with Crippen molar-refractivity contribution in [2.24, 2.45) is 11.1 Å². The highest BCUT2D eigenvalue weighted by Crippen LogP contribution is 2.34. The van der Waals surface area contributed by atoms with Gasteiger partial charge >= 0.3 is 0 Å². The Kier molecular flexibility index (Phi) is 2.94. The monoisotopic (exact) mass is 228 g/mol. The van der Waals surface area contributed by atoms with Gasteiger partial charge in [-0.2, -0.15) is 0 Å². The third-order valence-electron chi connectivity index (χ3n) is 4.03. The second kappa shape index (κ2) is 3.98. The van der Waals surface area contributed by atoms with Gasteiger partial charge in [0, 0.05) is 6.04 Å². The molecule has 1 aliphatic carbocycles. The fraction of sp³-hybridized carbons (Fsp3) is 0.909. The van der Waals surface area contributed by atoms with E-state index in [1.165, 1.54) is 0 Å². The van der Waals surface area contributed by atoms with Gasteiger partial charge in [-0.3, -0.25) is 4.79 Å². The minimum absolute atomic E-state index is 0.00488. The maximum absolute atomic E-state index is 12.2. The van der Waals surface area contributed by atoms with Gasteiger partial charge in [0.05, 0.1) is 30.8 Å². The van der Waals surface area contributed by atoms with E-state index in [4.69, 9.17) is 10.5 Å². The van der Waals surface area contributed by atoms with Crippen LogP contribution < -0.4 is 11.1 Å². The van der Waals surface area contributed by atoms with E-state index in [0.717, 1.165) is 19.3 Å². The van der Waals surface area contributed by atoms with Crippen molar-refractivity contribution in [3.05, 3.63) is 0 Å². The molecule has 1 saturated carbocycles. The van der Waals surface area contributed by atoms with Crippen LogP contribution >= 0.6 is 0 Å². The maximum Gasteiger partial charge on any atom is 0.230 e. The number of hydrogen-bond donors (Lipinski definition) is 3. The van der Waals surface area contributed by atoms with Crippen molar-refractivity contribution in [1.29, 1.82) is 0 Å². The van der Waals surface area contributed by atoms with Crippen molar-refractivity contribution in [2.45, 2.75) is 37.8 Å². The van der Waals surface area contributed by atoms with Crippen LogP contribution in [0.25, 0.3) is 0 Å². The van der Waals surface area contributed by atoms with Crippen molar-refractivity contribution < 1.29 is 14.6 Å². The summed E-state index contributed by atoms with van der Waals surface area (Å²) in [6, 6.07) is -0.261. The van der Waals surface area contributed by atoms with Crippen molar-refractivity contribution in [3.8, 4) is 0 Å². The fourth-order valence-electron chi connectivity index (χ4n) is 2.23. The van der Waals surface area contributed by atoms with E-state index >= 15 is 0 Å². The van der Waals surface area contributed by atoms with Gasteiger partial charge in [0.1, 0.15) is 0 Å². The highest BCUT2D eigenvalue weighted by Gasteiger charge is 2.48. The molecule has 2 rings (SSSR count). The summed E-state index contributed by atoms with van der Waals surface area (Å²) in [5, 5.41) is 12.2. The summed E-state index contributed by atoms with van der Waals surface area (Å²) >= 11 is 0. The summed E-state index contributed by atoms with van der Waals surface area (Å²) in [6.45, 7) is 2.62. The number of aliphatic hydroxyl groups is 1. The first-order valence-corrected chi connectivity index (χ1v) is 5.79. The predicted octanol–water partition coefficient (Wildman–Crippen LogP) is -0.619. The smallest absolute Gasteiger partial charge is 0.230 e. The molecule has 1 heterocycles. The molecule has 1 aliphatic heterocycles. The van der Waals surface area contributed by atoms with Gasteiger partial charge in [0.25, 0.3) is 0 Å². The van der Waals surface area contributed by atoms with Crippen molar-refractivity contribution in [2.75, 3.05) is 19.8 Å². The number of aliphatic hydroxyl groups excluding tert-OH is 1. The SMILES string of the molecule is CC1(C(=O)NC2(CO)CCC2)COCC1N. The van der Waals surface area contributed by atoms with Crippen LogP contribution in [0.15, 0.2) is 0 Å². The van der Waals surface area contributed by atoms with Crippen LogP contribution in [0.4, 0.5) is 0 Å². The lowest BCUT2D eigenvalue weighted by atomic mass is 9.75. The van der Waals surface area contributed by atoms with E-state index in [0.29, 0.717) is 13.2 Å². The summed E-state index contributed by atoms with van der Waals surface area (Å²) in [6.07, 6.45) is 2.75. The summed E-state index contributed by atoms with van der Waals surface area (Å²) in [5.74, 6) is -0.0914. The number of hydrogen-bond acceptors (Lipinski definition) is 4. The molecule has 16 heavy (non-hydrogen) atoms. The molecule has 2 aliphatic rings. The maximum atomic E-state index is 12.2. The third-order valence-corrected chi connectivity index (χ3v) is 4.03.